The second kappa shape index (κ2) is 25.9. The standard InChI is InChI=1S/2C34H27IN2O2.CH4S/c2*1-5-23-6-8-24(9-7-23)33(38)29-16-14-27(36-29)32(31-21(3)18-20(2)19-22(31)4)28-15-17-30(37-28)34(39)25-10-12-26(35)13-11-25;1-2/h2*1,6-19,32,36-37H,2-4H3;2H,1H3/i1T;;. The Labute approximate surface area is 502 Å². The van der Waals surface area contributed by atoms with Gasteiger partial charge in [0.1, 0.15) is 1.37 Å². The van der Waals surface area contributed by atoms with Gasteiger partial charge in [0.2, 0.25) is 23.1 Å². The Hall–Kier alpha value is -7.95. The maximum atomic E-state index is 13.3. The van der Waals surface area contributed by atoms with E-state index >= 15 is 0 Å². The summed E-state index contributed by atoms with van der Waals surface area (Å²) in [7, 11) is 0. The fourth-order valence-electron chi connectivity index (χ4n) is 10.3. The van der Waals surface area contributed by atoms with Crippen molar-refractivity contribution < 1.29 is 20.5 Å². The van der Waals surface area contributed by atoms with Crippen LogP contribution in [-0.4, -0.2) is 49.3 Å². The van der Waals surface area contributed by atoms with E-state index in [1.54, 1.807) is 54.8 Å². The normalized spacial score (nSPS) is 11.5. The molecule has 11 heteroatoms. The summed E-state index contributed by atoms with van der Waals surface area (Å²) < 4.78 is 9.21. The fraction of sp³-hybridized carbons (Fsp3) is 0.130. The first-order chi connectivity index (χ1) is 39.0. The maximum absolute atomic E-state index is 13.3. The van der Waals surface area contributed by atoms with Gasteiger partial charge in [0.15, 0.2) is 0 Å². The molecule has 8 nitrogen and oxygen atoms in total. The van der Waals surface area contributed by atoms with Crippen LogP contribution in [-0.2, 0) is 0 Å². The number of benzene rings is 6. The van der Waals surface area contributed by atoms with E-state index in [-0.39, 0.29) is 35.0 Å². The van der Waals surface area contributed by atoms with Crippen molar-refractivity contribution in [3.05, 3.63) is 300 Å². The summed E-state index contributed by atoms with van der Waals surface area (Å²) in [6.45, 7) is 12.6. The van der Waals surface area contributed by atoms with Gasteiger partial charge in [-0.15, -0.1) is 12.8 Å². The molecule has 2 atom stereocenters. The molecule has 398 valence electrons. The number of ketones is 4. The number of carbonyl (C=O) groups is 4. The van der Waals surface area contributed by atoms with E-state index in [0.717, 1.165) is 68.9 Å². The number of nitrogens with one attached hydrogen (secondary N) is 4. The second-order valence-electron chi connectivity index (χ2n) is 19.6. The molecule has 0 saturated heterocycles. The van der Waals surface area contributed by atoms with Gasteiger partial charge < -0.3 is 19.9 Å². The molecular formula is C69H58I2N4O4S. The molecule has 0 aliphatic rings. The number of hydrogen-bond donors (Lipinski definition) is 5. The number of aryl methyl sites for hydroxylation is 6. The van der Waals surface area contributed by atoms with Crippen molar-refractivity contribution in [1.29, 1.82) is 0 Å². The number of rotatable bonds is 14. The lowest BCUT2D eigenvalue weighted by molar-refractivity contribution is 0.102. The highest BCUT2D eigenvalue weighted by atomic mass is 127. The van der Waals surface area contributed by atoms with Crippen molar-refractivity contribution >= 4 is 80.9 Å². The zero-order valence-corrected chi connectivity index (χ0v) is 50.4. The van der Waals surface area contributed by atoms with E-state index in [9.17, 15) is 19.2 Å². The first kappa shape index (κ1) is 56.8. The van der Waals surface area contributed by atoms with Crippen molar-refractivity contribution in [2.24, 2.45) is 0 Å². The van der Waals surface area contributed by atoms with E-state index in [4.69, 9.17) is 7.79 Å². The summed E-state index contributed by atoms with van der Waals surface area (Å²) in [6.07, 6.45) is 9.28. The Morgan fingerprint density at radius 2 is 0.662 bits per heavy atom. The number of hydrogen-bond acceptors (Lipinski definition) is 5. The van der Waals surface area contributed by atoms with Crippen molar-refractivity contribution in [1.82, 2.24) is 19.9 Å². The molecule has 0 aliphatic carbocycles. The van der Waals surface area contributed by atoms with Gasteiger partial charge in [0, 0.05) is 63.3 Å². The van der Waals surface area contributed by atoms with Gasteiger partial charge in [0.05, 0.1) is 34.6 Å². The molecule has 0 bridgehead atoms. The van der Waals surface area contributed by atoms with Crippen molar-refractivity contribution in [3.8, 4) is 24.7 Å². The topological polar surface area (TPSA) is 131 Å². The average Bonchev–Trinajstić information content (AvgIpc) is 4.34. The minimum Gasteiger partial charge on any atom is -0.355 e. The molecule has 80 heavy (non-hydrogen) atoms. The van der Waals surface area contributed by atoms with Crippen molar-refractivity contribution in [2.75, 3.05) is 6.26 Å². The van der Waals surface area contributed by atoms with Crippen molar-refractivity contribution in [2.45, 2.75) is 53.4 Å². The van der Waals surface area contributed by atoms with E-state index in [1.807, 2.05) is 97.1 Å². The van der Waals surface area contributed by atoms with Gasteiger partial charge in [-0.25, -0.2) is 0 Å². The Balaban J connectivity index is 0.000000206. The van der Waals surface area contributed by atoms with Crippen LogP contribution in [0.25, 0.3) is 0 Å². The fourth-order valence-corrected chi connectivity index (χ4v) is 11.1. The average molecular weight is 1300 g/mol. The third-order valence-corrected chi connectivity index (χ3v) is 15.4. The van der Waals surface area contributed by atoms with Crippen LogP contribution in [0.1, 0.15) is 156 Å². The van der Waals surface area contributed by atoms with E-state index in [0.29, 0.717) is 50.6 Å². The smallest absolute Gasteiger partial charge is 0.209 e. The second-order valence-corrected chi connectivity index (χ2v) is 22.0. The monoisotopic (exact) mass is 1290 g/mol. The minimum absolute atomic E-state index is 0.0634. The van der Waals surface area contributed by atoms with Crippen LogP contribution >= 0.6 is 57.8 Å². The van der Waals surface area contributed by atoms with Crippen LogP contribution in [0.3, 0.4) is 0 Å². The first-order valence-corrected chi connectivity index (χ1v) is 28.7. The highest BCUT2D eigenvalue weighted by molar-refractivity contribution is 14.1. The number of thiol groups is 1. The lowest BCUT2D eigenvalue weighted by atomic mass is 9.85. The van der Waals surface area contributed by atoms with Crippen LogP contribution in [0.15, 0.2) is 170 Å². The number of aromatic amines is 4. The van der Waals surface area contributed by atoms with Crippen molar-refractivity contribution in [3.63, 3.8) is 0 Å². The molecule has 0 radical (unpaired) electrons. The molecule has 0 saturated carbocycles. The molecule has 4 aromatic heterocycles. The summed E-state index contributed by atoms with van der Waals surface area (Å²) in [5.41, 5.74) is 18.4. The van der Waals surface area contributed by atoms with Crippen LogP contribution in [0, 0.1) is 73.3 Å². The van der Waals surface area contributed by atoms with Crippen LogP contribution < -0.4 is 0 Å². The van der Waals surface area contributed by atoms with E-state index in [1.165, 1.54) is 11.1 Å². The molecule has 0 spiro atoms. The Bertz CT molecular complexity index is 4010. The third kappa shape index (κ3) is 13.0. The number of carbonyl (C=O) groups excluding carboxylic acids is 4. The zero-order chi connectivity index (χ0) is 58.1. The molecule has 0 amide bonds. The molecule has 10 aromatic rings. The predicted molar refractivity (Wildman–Crippen MR) is 342 cm³/mol. The summed E-state index contributed by atoms with van der Waals surface area (Å²) in [5.74, 6) is 4.41. The molecule has 2 unspecified atom stereocenters. The minimum atomic E-state index is -0.241. The van der Waals surface area contributed by atoms with Gasteiger partial charge in [-0.05, 0) is 272 Å². The Morgan fingerprint density at radius 1 is 0.412 bits per heavy atom. The van der Waals surface area contributed by atoms with Crippen LogP contribution in [0.5, 0.6) is 0 Å². The number of terminal acetylenes is 2. The highest BCUT2D eigenvalue weighted by Crippen LogP contribution is 2.38. The Morgan fingerprint density at radius 3 is 0.912 bits per heavy atom. The van der Waals surface area contributed by atoms with Gasteiger partial charge >= 0.3 is 0 Å². The highest BCUT2D eigenvalue weighted by Gasteiger charge is 2.28. The van der Waals surface area contributed by atoms with Gasteiger partial charge in [-0.3, -0.25) is 19.2 Å². The molecule has 4 heterocycles. The molecular weight excluding hydrogens is 1230 g/mol. The first-order valence-electron chi connectivity index (χ1n) is 26.2. The van der Waals surface area contributed by atoms with Crippen LogP contribution in [0.4, 0.5) is 0 Å². The molecule has 4 N–H and O–H groups in total. The van der Waals surface area contributed by atoms with E-state index < -0.39 is 0 Å². The third-order valence-electron chi connectivity index (χ3n) is 13.9. The molecule has 6 aromatic carbocycles. The van der Waals surface area contributed by atoms with Crippen LogP contribution in [0.2, 0.25) is 0 Å². The maximum Gasteiger partial charge on any atom is 0.209 e. The summed E-state index contributed by atoms with van der Waals surface area (Å²) in [4.78, 5) is 66.7. The molecule has 0 fully saturated rings. The quantitative estimate of drug-likeness (QED) is 0.0321. The van der Waals surface area contributed by atoms with E-state index in [2.05, 4.69) is 162 Å². The number of H-pyrrole nitrogens is 4. The van der Waals surface area contributed by atoms with Gasteiger partial charge in [-0.2, -0.15) is 12.6 Å². The number of aromatic nitrogens is 4. The Kier molecular flexibility index (Phi) is 18.4. The SMILES string of the molecule is C#Cc1ccc(C(=O)c2ccc(C(c3ccc(C(=O)c4ccc(I)cc4)[nH]3)c3c(C)cc(C)cc3C)[nH]2)cc1.CS.[3H]C#Cc1ccc(C(=O)c2ccc(C(c3ccc(C(=O)c4ccc(I)cc4)[nH]3)c3c(C)cc(C)cc3C)[nH]2)cc1. The molecule has 0 aliphatic heterocycles. The lowest BCUT2D eigenvalue weighted by Gasteiger charge is -2.21. The summed E-state index contributed by atoms with van der Waals surface area (Å²) in [5, 5.41) is 0. The lowest BCUT2D eigenvalue weighted by Crippen LogP contribution is -2.11. The largest absolute Gasteiger partial charge is 0.355 e. The number of halogens is 2. The summed E-state index contributed by atoms with van der Waals surface area (Å²) >= 11 is 7.98. The van der Waals surface area contributed by atoms with Gasteiger partial charge in [0.25, 0.3) is 0 Å². The molecule has 10 rings (SSSR count). The summed E-state index contributed by atoms with van der Waals surface area (Å²) in [6, 6.07) is 52.8. The predicted octanol–water partition coefficient (Wildman–Crippen LogP) is 15.5. The van der Waals surface area contributed by atoms with Gasteiger partial charge in [-0.1, -0.05) is 47.2 Å². The zero-order valence-electron chi connectivity index (χ0n) is 46.2.